The largest absolute Gasteiger partial charge is 0.462 e. The van der Waals surface area contributed by atoms with Gasteiger partial charge in [0.15, 0.2) is 0 Å². The van der Waals surface area contributed by atoms with E-state index in [2.05, 4.69) is 25.7 Å². The molecule has 0 spiro atoms. The number of ether oxygens (including phenoxy) is 1. The van der Waals surface area contributed by atoms with Crippen LogP contribution in [0.15, 0.2) is 0 Å². The van der Waals surface area contributed by atoms with E-state index in [0.29, 0.717) is 6.42 Å². The Labute approximate surface area is 269 Å². The molecule has 0 aromatic carbocycles. The first-order valence-electron chi connectivity index (χ1n) is 19.3. The SMILES string of the molecule is CCCCCCCCC(O)CN(CCCO)CCCCCCCC(=O)OC(CCCCCCCC)CCCCCCCC. The van der Waals surface area contributed by atoms with E-state index in [1.54, 1.807) is 0 Å². The van der Waals surface area contributed by atoms with Crippen LogP contribution in [0.5, 0.6) is 0 Å². The van der Waals surface area contributed by atoms with Gasteiger partial charge in [-0.2, -0.15) is 0 Å². The molecule has 0 saturated carbocycles. The van der Waals surface area contributed by atoms with E-state index in [4.69, 9.17) is 4.74 Å². The molecule has 43 heavy (non-hydrogen) atoms. The smallest absolute Gasteiger partial charge is 0.306 e. The highest BCUT2D eigenvalue weighted by Gasteiger charge is 2.15. The molecule has 0 aliphatic rings. The van der Waals surface area contributed by atoms with Gasteiger partial charge in [0.2, 0.25) is 0 Å². The zero-order chi connectivity index (χ0) is 31.6. The van der Waals surface area contributed by atoms with Gasteiger partial charge in [0.25, 0.3) is 0 Å². The molecule has 0 amide bonds. The van der Waals surface area contributed by atoms with Crippen molar-refractivity contribution >= 4 is 5.97 Å². The van der Waals surface area contributed by atoms with Crippen LogP contribution in [0.1, 0.15) is 201 Å². The first-order valence-corrected chi connectivity index (χ1v) is 19.3. The molecule has 258 valence electrons. The van der Waals surface area contributed by atoms with Crippen molar-refractivity contribution in [3.63, 3.8) is 0 Å². The molecule has 0 fully saturated rings. The van der Waals surface area contributed by atoms with Crippen LogP contribution < -0.4 is 0 Å². The van der Waals surface area contributed by atoms with Gasteiger partial charge in [-0.05, 0) is 57.9 Å². The van der Waals surface area contributed by atoms with Gasteiger partial charge in [0.05, 0.1) is 6.10 Å². The average Bonchev–Trinajstić information content (AvgIpc) is 3.00. The molecule has 0 aliphatic heterocycles. The maximum Gasteiger partial charge on any atom is 0.306 e. The first-order chi connectivity index (χ1) is 21.1. The van der Waals surface area contributed by atoms with Crippen LogP contribution in [0.2, 0.25) is 0 Å². The molecule has 5 nitrogen and oxygen atoms in total. The molecule has 0 heterocycles. The maximum atomic E-state index is 12.7. The summed E-state index contributed by atoms with van der Waals surface area (Å²) in [4.78, 5) is 15.0. The Kier molecular flexibility index (Phi) is 33.7. The number of aliphatic hydroxyl groups is 2. The summed E-state index contributed by atoms with van der Waals surface area (Å²) in [5.74, 6) is 0.0106. The Bertz CT molecular complexity index is 542. The van der Waals surface area contributed by atoms with E-state index in [-0.39, 0.29) is 24.8 Å². The number of aliphatic hydroxyl groups excluding tert-OH is 2. The molecule has 0 bridgehead atoms. The third-order valence-electron chi connectivity index (χ3n) is 8.90. The zero-order valence-corrected chi connectivity index (χ0v) is 29.4. The molecular formula is C38H77NO4. The van der Waals surface area contributed by atoms with E-state index >= 15 is 0 Å². The fourth-order valence-corrected chi connectivity index (χ4v) is 6.09. The van der Waals surface area contributed by atoms with Crippen LogP contribution in [0.4, 0.5) is 0 Å². The van der Waals surface area contributed by atoms with Crippen molar-refractivity contribution in [3.8, 4) is 0 Å². The third kappa shape index (κ3) is 31.1. The highest BCUT2D eigenvalue weighted by molar-refractivity contribution is 5.69. The Morgan fingerprint density at radius 1 is 0.558 bits per heavy atom. The summed E-state index contributed by atoms with van der Waals surface area (Å²) in [5, 5.41) is 19.8. The van der Waals surface area contributed by atoms with Crippen molar-refractivity contribution in [1.82, 2.24) is 4.90 Å². The monoisotopic (exact) mass is 612 g/mol. The lowest BCUT2D eigenvalue weighted by Crippen LogP contribution is -2.34. The number of nitrogens with zero attached hydrogens (tertiary/aromatic N) is 1. The molecule has 0 aliphatic carbocycles. The topological polar surface area (TPSA) is 70.0 Å². The predicted octanol–water partition coefficient (Wildman–Crippen LogP) is 10.5. The Morgan fingerprint density at radius 3 is 1.49 bits per heavy atom. The quantitative estimate of drug-likeness (QED) is 0.0551. The molecule has 2 N–H and O–H groups in total. The average molecular weight is 612 g/mol. The van der Waals surface area contributed by atoms with Gasteiger partial charge < -0.3 is 19.8 Å². The van der Waals surface area contributed by atoms with Crippen LogP contribution in [-0.2, 0) is 9.53 Å². The zero-order valence-electron chi connectivity index (χ0n) is 29.4. The summed E-state index contributed by atoms with van der Waals surface area (Å²) < 4.78 is 6.00. The van der Waals surface area contributed by atoms with Crippen molar-refractivity contribution in [2.24, 2.45) is 0 Å². The van der Waals surface area contributed by atoms with Crippen molar-refractivity contribution in [2.75, 3.05) is 26.2 Å². The normalized spacial score (nSPS) is 12.4. The number of unbranched alkanes of at least 4 members (excludes halogenated alkanes) is 19. The second kappa shape index (κ2) is 34.2. The Balaban J connectivity index is 4.18. The Morgan fingerprint density at radius 2 is 0.977 bits per heavy atom. The summed E-state index contributed by atoms with van der Waals surface area (Å²) in [6, 6.07) is 0. The molecule has 5 heteroatoms. The van der Waals surface area contributed by atoms with Crippen LogP contribution in [0.25, 0.3) is 0 Å². The Hall–Kier alpha value is -0.650. The number of hydrogen-bond donors (Lipinski definition) is 2. The van der Waals surface area contributed by atoms with Gasteiger partial charge in [-0.3, -0.25) is 4.79 Å². The van der Waals surface area contributed by atoms with E-state index < -0.39 is 0 Å². The van der Waals surface area contributed by atoms with Gasteiger partial charge in [-0.1, -0.05) is 143 Å². The van der Waals surface area contributed by atoms with Gasteiger partial charge in [-0.15, -0.1) is 0 Å². The number of rotatable bonds is 35. The van der Waals surface area contributed by atoms with Crippen LogP contribution >= 0.6 is 0 Å². The van der Waals surface area contributed by atoms with Crippen LogP contribution in [0, 0.1) is 0 Å². The number of carbonyl (C=O) groups is 1. The van der Waals surface area contributed by atoms with Gasteiger partial charge in [0.1, 0.15) is 6.10 Å². The first kappa shape index (κ1) is 42.3. The van der Waals surface area contributed by atoms with Crippen molar-refractivity contribution in [3.05, 3.63) is 0 Å². The lowest BCUT2D eigenvalue weighted by Gasteiger charge is -2.25. The minimum atomic E-state index is -0.262. The molecule has 0 aromatic rings. The van der Waals surface area contributed by atoms with Crippen LogP contribution in [-0.4, -0.2) is 59.5 Å². The summed E-state index contributed by atoms with van der Waals surface area (Å²) in [6.07, 6.45) is 32.5. The van der Waals surface area contributed by atoms with E-state index in [9.17, 15) is 15.0 Å². The predicted molar refractivity (Wildman–Crippen MR) is 186 cm³/mol. The van der Waals surface area contributed by atoms with Gasteiger partial charge in [0, 0.05) is 26.1 Å². The van der Waals surface area contributed by atoms with Crippen molar-refractivity contribution in [2.45, 2.75) is 213 Å². The van der Waals surface area contributed by atoms with E-state index in [1.807, 2.05) is 0 Å². The van der Waals surface area contributed by atoms with Crippen molar-refractivity contribution in [1.29, 1.82) is 0 Å². The summed E-state index contributed by atoms with van der Waals surface area (Å²) in [5.41, 5.74) is 0. The molecule has 0 rings (SSSR count). The summed E-state index contributed by atoms with van der Waals surface area (Å²) in [6.45, 7) is 9.53. The summed E-state index contributed by atoms with van der Waals surface area (Å²) >= 11 is 0. The second-order valence-corrected chi connectivity index (χ2v) is 13.3. The molecule has 0 saturated heterocycles. The highest BCUT2D eigenvalue weighted by atomic mass is 16.5. The molecule has 1 unspecified atom stereocenters. The minimum Gasteiger partial charge on any atom is -0.462 e. The fourth-order valence-electron chi connectivity index (χ4n) is 6.09. The fraction of sp³-hybridized carbons (Fsp3) is 0.974. The van der Waals surface area contributed by atoms with Gasteiger partial charge >= 0.3 is 5.97 Å². The minimum absolute atomic E-state index is 0.0106. The van der Waals surface area contributed by atoms with Crippen molar-refractivity contribution < 1.29 is 19.7 Å². The highest BCUT2D eigenvalue weighted by Crippen LogP contribution is 2.18. The third-order valence-corrected chi connectivity index (χ3v) is 8.90. The van der Waals surface area contributed by atoms with Gasteiger partial charge in [-0.25, -0.2) is 0 Å². The lowest BCUT2D eigenvalue weighted by molar-refractivity contribution is -0.150. The molecule has 0 aromatic heterocycles. The number of hydrogen-bond acceptors (Lipinski definition) is 5. The number of esters is 1. The standard InChI is InChI=1S/C38H77NO4/c1-4-7-10-13-17-22-28-36(41)35-39(33-27-34-40)32-26-21-16-20-25-31-38(42)43-37(29-23-18-14-11-8-5-2)30-24-19-15-12-9-6-3/h36-37,40-41H,4-35H2,1-3H3. The molecular weight excluding hydrogens is 534 g/mol. The van der Waals surface area contributed by atoms with E-state index in [0.717, 1.165) is 83.8 Å². The summed E-state index contributed by atoms with van der Waals surface area (Å²) in [7, 11) is 0. The van der Waals surface area contributed by atoms with Crippen LogP contribution in [0.3, 0.4) is 0 Å². The number of carbonyl (C=O) groups excluding carboxylic acids is 1. The molecule has 1 atom stereocenters. The lowest BCUT2D eigenvalue weighted by atomic mass is 10.0. The van der Waals surface area contributed by atoms with E-state index in [1.165, 1.54) is 109 Å². The second-order valence-electron chi connectivity index (χ2n) is 13.3. The maximum absolute atomic E-state index is 12.7. The molecule has 0 radical (unpaired) electrons.